The van der Waals surface area contributed by atoms with Gasteiger partial charge >= 0.3 is 6.70 Å². The Balaban J connectivity index is 3.05. The predicted molar refractivity (Wildman–Crippen MR) is 39.7 cm³/mol. The van der Waals surface area contributed by atoms with Crippen molar-refractivity contribution in [2.24, 2.45) is 0 Å². The van der Waals surface area contributed by atoms with Crippen molar-refractivity contribution in [3.63, 3.8) is 0 Å². The maximum absolute atomic E-state index is 12.6. The number of nitriles is 1. The highest BCUT2D eigenvalue weighted by atomic mass is 19.2. The van der Waals surface area contributed by atoms with Crippen LogP contribution < -0.4 is 5.46 Å². The van der Waals surface area contributed by atoms with Gasteiger partial charge in [0.05, 0.1) is 0 Å². The van der Waals surface area contributed by atoms with Gasteiger partial charge < -0.3 is 8.63 Å². The lowest BCUT2D eigenvalue weighted by molar-refractivity contribution is 0.655. The van der Waals surface area contributed by atoms with Crippen LogP contribution in [-0.4, -0.2) is 6.70 Å². The van der Waals surface area contributed by atoms with Crippen molar-refractivity contribution in [1.82, 2.24) is 0 Å². The zero-order valence-corrected chi connectivity index (χ0v) is 5.67. The van der Waals surface area contributed by atoms with Crippen molar-refractivity contribution in [2.75, 3.05) is 0 Å². The standard InChI is InChI=1S/C7H5BF2N/c9-8(10,6-11)7-4-2-1-3-5-7/h1-5H/q-1. The van der Waals surface area contributed by atoms with Gasteiger partial charge in [0.25, 0.3) is 0 Å². The van der Waals surface area contributed by atoms with Gasteiger partial charge in [0.1, 0.15) is 0 Å². The van der Waals surface area contributed by atoms with Crippen LogP contribution in [0.2, 0.25) is 0 Å². The summed E-state index contributed by atoms with van der Waals surface area (Å²) < 4.78 is 25.2. The third-order valence-corrected chi connectivity index (χ3v) is 1.38. The molecule has 56 valence electrons. The van der Waals surface area contributed by atoms with E-state index >= 15 is 0 Å². The molecule has 0 saturated carbocycles. The number of halogens is 2. The summed E-state index contributed by atoms with van der Waals surface area (Å²) in [5.41, 5.74) is -0.199. The molecule has 1 aromatic carbocycles. The Morgan fingerprint density at radius 3 is 2.18 bits per heavy atom. The van der Waals surface area contributed by atoms with Crippen LogP contribution in [0.1, 0.15) is 0 Å². The Bertz CT molecular complexity index is 278. The molecule has 1 nitrogen and oxygen atoms in total. The molecule has 11 heavy (non-hydrogen) atoms. The van der Waals surface area contributed by atoms with E-state index in [0.29, 0.717) is 0 Å². The largest absolute Gasteiger partial charge is 0.461 e. The van der Waals surface area contributed by atoms with Crippen LogP contribution in [0, 0.1) is 11.2 Å². The third-order valence-electron chi connectivity index (χ3n) is 1.38. The monoisotopic (exact) mass is 152 g/mol. The Labute approximate surface area is 63.3 Å². The second-order valence-electron chi connectivity index (χ2n) is 2.20. The van der Waals surface area contributed by atoms with Crippen LogP contribution in [0.15, 0.2) is 30.3 Å². The lowest BCUT2D eigenvalue weighted by Crippen LogP contribution is -2.37. The second kappa shape index (κ2) is 2.71. The molecule has 0 unspecified atom stereocenters. The van der Waals surface area contributed by atoms with E-state index in [1.807, 2.05) is 0 Å². The normalized spacial score (nSPS) is 10.6. The molecule has 0 aliphatic carbocycles. The van der Waals surface area contributed by atoms with Crippen molar-refractivity contribution >= 4 is 12.2 Å². The molecular weight excluding hydrogens is 147 g/mol. The molecule has 0 amide bonds. The predicted octanol–water partition coefficient (Wildman–Crippen LogP) is 1.34. The maximum Gasteiger partial charge on any atom is 0.433 e. The topological polar surface area (TPSA) is 23.8 Å². The first-order valence-electron chi connectivity index (χ1n) is 3.15. The first-order valence-corrected chi connectivity index (χ1v) is 3.15. The average molecular weight is 152 g/mol. The smallest absolute Gasteiger partial charge is 0.433 e. The van der Waals surface area contributed by atoms with Gasteiger partial charge in [0, 0.05) is 0 Å². The summed E-state index contributed by atoms with van der Waals surface area (Å²) in [6.45, 7) is -3.98. The summed E-state index contributed by atoms with van der Waals surface area (Å²) in [7, 11) is 0. The van der Waals surface area contributed by atoms with E-state index in [-0.39, 0.29) is 5.46 Å². The van der Waals surface area contributed by atoms with Gasteiger partial charge in [-0.05, 0) is 0 Å². The van der Waals surface area contributed by atoms with Crippen molar-refractivity contribution in [3.8, 4) is 5.97 Å². The molecule has 0 bridgehead atoms. The molecule has 1 rings (SSSR count). The minimum Gasteiger partial charge on any atom is -0.461 e. The number of nitrogens with zero attached hydrogens (tertiary/aromatic N) is 1. The minimum absolute atomic E-state index is 0.199. The summed E-state index contributed by atoms with van der Waals surface area (Å²) in [6.07, 6.45) is 0. The molecule has 1 aromatic rings. The van der Waals surface area contributed by atoms with Gasteiger partial charge in [-0.3, -0.25) is 0 Å². The summed E-state index contributed by atoms with van der Waals surface area (Å²) in [6, 6.07) is 7.12. The van der Waals surface area contributed by atoms with Crippen molar-refractivity contribution in [1.29, 1.82) is 5.26 Å². The van der Waals surface area contributed by atoms with Crippen LogP contribution >= 0.6 is 0 Å². The Kier molecular flexibility index (Phi) is 1.90. The van der Waals surface area contributed by atoms with Gasteiger partial charge in [-0.2, -0.15) is 0 Å². The number of hydrogen-bond acceptors (Lipinski definition) is 1. The Morgan fingerprint density at radius 1 is 1.18 bits per heavy atom. The van der Waals surface area contributed by atoms with Gasteiger partial charge in [-0.15, -0.1) is 5.46 Å². The molecule has 0 atom stereocenters. The van der Waals surface area contributed by atoms with Crippen LogP contribution in [0.25, 0.3) is 0 Å². The second-order valence-corrected chi connectivity index (χ2v) is 2.20. The molecule has 0 radical (unpaired) electrons. The van der Waals surface area contributed by atoms with Gasteiger partial charge in [-0.1, -0.05) is 36.3 Å². The number of rotatable bonds is 1. The van der Waals surface area contributed by atoms with Crippen LogP contribution in [-0.2, 0) is 0 Å². The first kappa shape index (κ1) is 7.74. The van der Waals surface area contributed by atoms with Crippen molar-refractivity contribution in [3.05, 3.63) is 30.3 Å². The molecule has 0 spiro atoms. The van der Waals surface area contributed by atoms with E-state index in [1.165, 1.54) is 24.3 Å². The van der Waals surface area contributed by atoms with E-state index in [2.05, 4.69) is 0 Å². The fourth-order valence-electron chi connectivity index (χ4n) is 0.769. The molecule has 0 N–H and O–H groups in total. The molecule has 4 heteroatoms. The zero-order chi connectivity index (χ0) is 8.32. The van der Waals surface area contributed by atoms with Crippen molar-refractivity contribution in [2.45, 2.75) is 0 Å². The molecule has 0 saturated heterocycles. The van der Waals surface area contributed by atoms with Crippen LogP contribution in [0.3, 0.4) is 0 Å². The number of hydrogen-bond donors (Lipinski definition) is 0. The minimum atomic E-state index is -3.98. The maximum atomic E-state index is 12.6. The third kappa shape index (κ3) is 1.56. The van der Waals surface area contributed by atoms with Crippen LogP contribution in [0.4, 0.5) is 8.63 Å². The number of benzene rings is 1. The van der Waals surface area contributed by atoms with E-state index in [1.54, 1.807) is 6.07 Å². The van der Waals surface area contributed by atoms with Gasteiger partial charge in [-0.25, -0.2) is 5.26 Å². The molecular formula is C7H5BF2N-. The molecule has 0 heterocycles. The zero-order valence-electron chi connectivity index (χ0n) is 5.67. The van der Waals surface area contributed by atoms with E-state index < -0.39 is 6.70 Å². The molecule has 0 aliphatic heterocycles. The lowest BCUT2D eigenvalue weighted by atomic mass is 9.60. The Hall–Kier alpha value is -1.37. The van der Waals surface area contributed by atoms with Gasteiger partial charge in [0.15, 0.2) is 0 Å². The van der Waals surface area contributed by atoms with E-state index in [0.717, 1.165) is 5.97 Å². The highest BCUT2D eigenvalue weighted by Crippen LogP contribution is 2.04. The summed E-state index contributed by atoms with van der Waals surface area (Å²) in [4.78, 5) is 0. The van der Waals surface area contributed by atoms with E-state index in [9.17, 15) is 8.63 Å². The molecule has 0 fully saturated rings. The van der Waals surface area contributed by atoms with E-state index in [4.69, 9.17) is 5.26 Å². The fourth-order valence-corrected chi connectivity index (χ4v) is 0.769. The summed E-state index contributed by atoms with van der Waals surface area (Å²) >= 11 is 0. The quantitative estimate of drug-likeness (QED) is 0.557. The summed E-state index contributed by atoms with van der Waals surface area (Å²) in [5, 5.41) is 8.08. The lowest BCUT2D eigenvalue weighted by Gasteiger charge is -2.14. The van der Waals surface area contributed by atoms with Gasteiger partial charge in [0.2, 0.25) is 0 Å². The highest BCUT2D eigenvalue weighted by Gasteiger charge is 2.24. The average Bonchev–Trinajstić information content (AvgIpc) is 2.06. The Morgan fingerprint density at radius 2 is 1.73 bits per heavy atom. The fraction of sp³-hybridized carbons (Fsp3) is 0. The molecule has 0 aromatic heterocycles. The highest BCUT2D eigenvalue weighted by molar-refractivity contribution is 6.86. The van der Waals surface area contributed by atoms with Crippen molar-refractivity contribution < 1.29 is 8.63 Å². The SMILES string of the molecule is N#C[B-](F)(F)c1ccccc1. The first-order chi connectivity index (χ1) is 5.17. The molecule has 0 aliphatic rings. The summed E-state index contributed by atoms with van der Waals surface area (Å²) in [5.74, 6) is 0.987. The van der Waals surface area contributed by atoms with Crippen LogP contribution in [0.5, 0.6) is 0 Å².